The number of hydrogen-bond acceptors (Lipinski definition) is 3. The molecule has 100 valence electrons. The molecule has 0 heterocycles. The van der Waals surface area contributed by atoms with Gasteiger partial charge in [-0.05, 0) is 31.2 Å². The van der Waals surface area contributed by atoms with E-state index in [1.54, 1.807) is 7.11 Å². The van der Waals surface area contributed by atoms with Gasteiger partial charge in [0.25, 0.3) is 0 Å². The van der Waals surface area contributed by atoms with Gasteiger partial charge in [-0.25, -0.2) is 0 Å². The minimum atomic E-state index is 0.0610. The summed E-state index contributed by atoms with van der Waals surface area (Å²) in [6.45, 7) is 4.89. The van der Waals surface area contributed by atoms with Gasteiger partial charge in [0.1, 0.15) is 0 Å². The van der Waals surface area contributed by atoms with Gasteiger partial charge in [0.2, 0.25) is 5.91 Å². The second-order valence-electron chi connectivity index (χ2n) is 5.11. The standard InChI is InChI=1S/C13H26N2O2/c1-11-4-3-5-12(8-11)9-14-10-13(16)15-6-7-17-2/h11-12,14H,3-10H2,1-2H3,(H,15,16). The zero-order valence-electron chi connectivity index (χ0n) is 11.1. The summed E-state index contributed by atoms with van der Waals surface area (Å²) in [7, 11) is 1.63. The fraction of sp³-hybridized carbons (Fsp3) is 0.923. The monoisotopic (exact) mass is 242 g/mol. The van der Waals surface area contributed by atoms with Gasteiger partial charge in [-0.1, -0.05) is 19.8 Å². The van der Waals surface area contributed by atoms with Crippen molar-refractivity contribution in [3.63, 3.8) is 0 Å². The first-order chi connectivity index (χ1) is 8.22. The molecule has 4 nitrogen and oxygen atoms in total. The molecule has 1 saturated carbocycles. The third-order valence-corrected chi connectivity index (χ3v) is 3.39. The van der Waals surface area contributed by atoms with Crippen LogP contribution in [0.2, 0.25) is 0 Å². The molecule has 0 aromatic heterocycles. The third kappa shape index (κ3) is 6.64. The van der Waals surface area contributed by atoms with Crippen molar-refractivity contribution in [2.45, 2.75) is 32.6 Å². The summed E-state index contributed by atoms with van der Waals surface area (Å²) >= 11 is 0. The highest BCUT2D eigenvalue weighted by Gasteiger charge is 2.18. The van der Waals surface area contributed by atoms with Crippen LogP contribution in [0.5, 0.6) is 0 Å². The molecule has 0 bridgehead atoms. The van der Waals surface area contributed by atoms with E-state index in [1.165, 1.54) is 25.7 Å². The molecule has 0 aliphatic heterocycles. The number of amides is 1. The number of nitrogens with one attached hydrogen (secondary N) is 2. The van der Waals surface area contributed by atoms with Crippen LogP contribution in [0.3, 0.4) is 0 Å². The first-order valence-corrected chi connectivity index (χ1v) is 6.68. The lowest BCUT2D eigenvalue weighted by Crippen LogP contribution is -2.37. The molecule has 1 fully saturated rings. The predicted molar refractivity (Wildman–Crippen MR) is 68.9 cm³/mol. The van der Waals surface area contributed by atoms with E-state index in [4.69, 9.17) is 4.74 Å². The topological polar surface area (TPSA) is 50.4 Å². The van der Waals surface area contributed by atoms with Crippen molar-refractivity contribution in [1.82, 2.24) is 10.6 Å². The molecule has 0 saturated heterocycles. The quantitative estimate of drug-likeness (QED) is 0.659. The minimum absolute atomic E-state index is 0.0610. The summed E-state index contributed by atoms with van der Waals surface area (Å²) in [5.41, 5.74) is 0. The van der Waals surface area contributed by atoms with Crippen molar-refractivity contribution in [1.29, 1.82) is 0 Å². The van der Waals surface area contributed by atoms with Gasteiger partial charge < -0.3 is 15.4 Å². The molecule has 1 aliphatic carbocycles. The Morgan fingerprint density at radius 2 is 2.24 bits per heavy atom. The smallest absolute Gasteiger partial charge is 0.234 e. The first-order valence-electron chi connectivity index (χ1n) is 6.68. The van der Waals surface area contributed by atoms with Crippen molar-refractivity contribution in [2.75, 3.05) is 33.4 Å². The first kappa shape index (κ1) is 14.5. The van der Waals surface area contributed by atoms with Gasteiger partial charge in [0.05, 0.1) is 13.2 Å². The van der Waals surface area contributed by atoms with Crippen LogP contribution in [0.4, 0.5) is 0 Å². The van der Waals surface area contributed by atoms with Gasteiger partial charge >= 0.3 is 0 Å². The highest BCUT2D eigenvalue weighted by atomic mass is 16.5. The third-order valence-electron chi connectivity index (χ3n) is 3.39. The SMILES string of the molecule is COCCNC(=O)CNCC1CCCC(C)C1. The highest BCUT2D eigenvalue weighted by molar-refractivity contribution is 5.77. The van der Waals surface area contributed by atoms with E-state index in [0.29, 0.717) is 19.7 Å². The number of carbonyl (C=O) groups is 1. The Bertz CT molecular complexity index is 221. The normalized spacial score (nSPS) is 24.6. The van der Waals surface area contributed by atoms with Gasteiger partial charge in [0.15, 0.2) is 0 Å². The number of ether oxygens (including phenoxy) is 1. The highest BCUT2D eigenvalue weighted by Crippen LogP contribution is 2.27. The van der Waals surface area contributed by atoms with Gasteiger partial charge in [-0.2, -0.15) is 0 Å². The number of rotatable bonds is 7. The van der Waals surface area contributed by atoms with Crippen molar-refractivity contribution in [3.05, 3.63) is 0 Å². The second kappa shape index (κ2) is 8.48. The van der Waals surface area contributed by atoms with Gasteiger partial charge in [-0.3, -0.25) is 4.79 Å². The van der Waals surface area contributed by atoms with Gasteiger partial charge in [0, 0.05) is 13.7 Å². The predicted octanol–water partition coefficient (Wildman–Crippen LogP) is 1.16. The molecule has 0 radical (unpaired) electrons. The molecule has 4 heteroatoms. The molecule has 0 aromatic rings. The van der Waals surface area contributed by atoms with Crippen LogP contribution < -0.4 is 10.6 Å². The summed E-state index contributed by atoms with van der Waals surface area (Å²) in [6, 6.07) is 0. The lowest BCUT2D eigenvalue weighted by Gasteiger charge is -2.26. The number of hydrogen-bond donors (Lipinski definition) is 2. The van der Waals surface area contributed by atoms with E-state index >= 15 is 0 Å². The number of methoxy groups -OCH3 is 1. The molecule has 0 aromatic carbocycles. The maximum absolute atomic E-state index is 11.4. The van der Waals surface area contributed by atoms with Crippen LogP contribution in [-0.2, 0) is 9.53 Å². The van der Waals surface area contributed by atoms with Crippen LogP contribution >= 0.6 is 0 Å². The van der Waals surface area contributed by atoms with Crippen molar-refractivity contribution in [2.24, 2.45) is 11.8 Å². The second-order valence-corrected chi connectivity index (χ2v) is 5.11. The summed E-state index contributed by atoms with van der Waals surface area (Å²) in [4.78, 5) is 11.4. The van der Waals surface area contributed by atoms with Crippen LogP contribution in [-0.4, -0.2) is 39.3 Å². The molecular weight excluding hydrogens is 216 g/mol. The Hall–Kier alpha value is -0.610. The fourth-order valence-corrected chi connectivity index (χ4v) is 2.49. The van der Waals surface area contributed by atoms with E-state index < -0.39 is 0 Å². The van der Waals surface area contributed by atoms with Crippen molar-refractivity contribution in [3.8, 4) is 0 Å². The summed E-state index contributed by atoms with van der Waals surface area (Å²) < 4.78 is 4.87. The molecular formula is C13H26N2O2. The largest absolute Gasteiger partial charge is 0.383 e. The summed E-state index contributed by atoms with van der Waals surface area (Å²) in [6.07, 6.45) is 5.32. The molecule has 17 heavy (non-hydrogen) atoms. The lowest BCUT2D eigenvalue weighted by molar-refractivity contribution is -0.120. The maximum Gasteiger partial charge on any atom is 0.234 e. The molecule has 1 amide bonds. The Morgan fingerprint density at radius 1 is 1.41 bits per heavy atom. The minimum Gasteiger partial charge on any atom is -0.383 e. The zero-order valence-corrected chi connectivity index (χ0v) is 11.1. The Kier molecular flexibility index (Phi) is 7.21. The Balaban J connectivity index is 2.00. The Morgan fingerprint density at radius 3 is 2.94 bits per heavy atom. The van der Waals surface area contributed by atoms with Crippen LogP contribution in [0, 0.1) is 11.8 Å². The summed E-state index contributed by atoms with van der Waals surface area (Å²) in [5.74, 6) is 1.67. The average Bonchev–Trinajstić information content (AvgIpc) is 2.29. The average molecular weight is 242 g/mol. The van der Waals surface area contributed by atoms with Crippen LogP contribution in [0.1, 0.15) is 32.6 Å². The van der Waals surface area contributed by atoms with E-state index in [1.807, 2.05) is 0 Å². The van der Waals surface area contributed by atoms with Crippen LogP contribution in [0.15, 0.2) is 0 Å². The van der Waals surface area contributed by atoms with E-state index in [-0.39, 0.29) is 5.91 Å². The van der Waals surface area contributed by atoms with Crippen molar-refractivity contribution < 1.29 is 9.53 Å². The molecule has 2 N–H and O–H groups in total. The molecule has 1 rings (SSSR count). The molecule has 2 atom stereocenters. The number of carbonyl (C=O) groups excluding carboxylic acids is 1. The molecule has 2 unspecified atom stereocenters. The van der Waals surface area contributed by atoms with E-state index in [2.05, 4.69) is 17.6 Å². The fourth-order valence-electron chi connectivity index (χ4n) is 2.49. The molecule has 1 aliphatic rings. The van der Waals surface area contributed by atoms with E-state index in [9.17, 15) is 4.79 Å². The maximum atomic E-state index is 11.4. The van der Waals surface area contributed by atoms with Crippen LogP contribution in [0.25, 0.3) is 0 Å². The zero-order chi connectivity index (χ0) is 12.5. The Labute approximate surface area is 104 Å². The van der Waals surface area contributed by atoms with E-state index in [0.717, 1.165) is 18.4 Å². The van der Waals surface area contributed by atoms with Gasteiger partial charge in [-0.15, -0.1) is 0 Å². The summed E-state index contributed by atoms with van der Waals surface area (Å²) in [5, 5.41) is 6.05. The van der Waals surface area contributed by atoms with Crippen molar-refractivity contribution >= 4 is 5.91 Å². The molecule has 0 spiro atoms. The lowest BCUT2D eigenvalue weighted by atomic mass is 9.82.